The summed E-state index contributed by atoms with van der Waals surface area (Å²) in [4.78, 5) is 26.6. The number of thioether (sulfide) groups is 1. The standard InChI is InChI=1S/C11H18N2O3S/c1-7-3-8(2)12(4-7)11(16)13-6-17-5-9(13)10(14)15/h7-9H,3-6H2,1-2H3,(H,14,15). The van der Waals surface area contributed by atoms with Gasteiger partial charge in [-0.1, -0.05) is 6.92 Å². The van der Waals surface area contributed by atoms with Crippen LogP contribution in [0.5, 0.6) is 0 Å². The Morgan fingerprint density at radius 2 is 2.00 bits per heavy atom. The Labute approximate surface area is 105 Å². The molecule has 2 aliphatic heterocycles. The predicted octanol–water partition coefficient (Wildman–Crippen LogP) is 1.30. The second-order valence-electron chi connectivity index (χ2n) is 4.95. The molecule has 1 N–H and O–H groups in total. The van der Waals surface area contributed by atoms with E-state index in [1.807, 2.05) is 11.8 Å². The molecule has 17 heavy (non-hydrogen) atoms. The van der Waals surface area contributed by atoms with Gasteiger partial charge in [-0.3, -0.25) is 0 Å². The highest BCUT2D eigenvalue weighted by Crippen LogP contribution is 2.28. The Morgan fingerprint density at radius 3 is 2.53 bits per heavy atom. The largest absolute Gasteiger partial charge is 0.480 e. The third kappa shape index (κ3) is 2.36. The number of hydrogen-bond acceptors (Lipinski definition) is 3. The van der Waals surface area contributed by atoms with Crippen LogP contribution < -0.4 is 0 Å². The molecule has 2 saturated heterocycles. The lowest BCUT2D eigenvalue weighted by molar-refractivity contribution is -0.140. The van der Waals surface area contributed by atoms with Gasteiger partial charge < -0.3 is 14.9 Å². The summed E-state index contributed by atoms with van der Waals surface area (Å²) >= 11 is 1.51. The van der Waals surface area contributed by atoms with E-state index < -0.39 is 12.0 Å². The van der Waals surface area contributed by atoms with E-state index in [0.717, 1.165) is 13.0 Å². The number of likely N-dealkylation sites (tertiary alicyclic amines) is 1. The van der Waals surface area contributed by atoms with E-state index in [9.17, 15) is 9.59 Å². The van der Waals surface area contributed by atoms with Gasteiger partial charge in [0.05, 0.1) is 5.88 Å². The van der Waals surface area contributed by atoms with Gasteiger partial charge in [0.2, 0.25) is 0 Å². The average molecular weight is 258 g/mol. The van der Waals surface area contributed by atoms with Crippen LogP contribution in [0, 0.1) is 5.92 Å². The number of hydrogen-bond donors (Lipinski definition) is 1. The maximum Gasteiger partial charge on any atom is 0.327 e. The van der Waals surface area contributed by atoms with Crippen molar-refractivity contribution in [3.05, 3.63) is 0 Å². The van der Waals surface area contributed by atoms with Gasteiger partial charge in [0.15, 0.2) is 0 Å². The number of rotatable bonds is 1. The number of nitrogens with zero attached hydrogens (tertiary/aromatic N) is 2. The molecule has 0 spiro atoms. The maximum atomic E-state index is 12.3. The van der Waals surface area contributed by atoms with Gasteiger partial charge >= 0.3 is 12.0 Å². The van der Waals surface area contributed by atoms with Crippen LogP contribution in [0.4, 0.5) is 4.79 Å². The smallest absolute Gasteiger partial charge is 0.327 e. The Bertz CT molecular complexity index is 337. The van der Waals surface area contributed by atoms with Crippen molar-refractivity contribution >= 4 is 23.8 Å². The minimum Gasteiger partial charge on any atom is -0.480 e. The topological polar surface area (TPSA) is 60.9 Å². The molecule has 0 bridgehead atoms. The summed E-state index contributed by atoms with van der Waals surface area (Å²) in [5, 5.41) is 9.07. The molecule has 3 unspecified atom stereocenters. The molecule has 0 aromatic carbocycles. The molecule has 2 amide bonds. The van der Waals surface area contributed by atoms with E-state index in [0.29, 0.717) is 17.5 Å². The first-order valence-electron chi connectivity index (χ1n) is 5.88. The van der Waals surface area contributed by atoms with Gasteiger partial charge in [0, 0.05) is 18.3 Å². The predicted molar refractivity (Wildman–Crippen MR) is 65.9 cm³/mol. The molecule has 96 valence electrons. The molecule has 2 fully saturated rings. The van der Waals surface area contributed by atoms with E-state index in [2.05, 4.69) is 6.92 Å². The summed E-state index contributed by atoms with van der Waals surface area (Å²) in [5.74, 6) is 0.599. The Kier molecular flexibility index (Phi) is 3.51. The third-order valence-electron chi connectivity index (χ3n) is 3.44. The lowest BCUT2D eigenvalue weighted by Gasteiger charge is -2.29. The molecular formula is C11H18N2O3S. The monoisotopic (exact) mass is 258 g/mol. The summed E-state index contributed by atoms with van der Waals surface area (Å²) in [7, 11) is 0. The Morgan fingerprint density at radius 1 is 1.29 bits per heavy atom. The van der Waals surface area contributed by atoms with Gasteiger partial charge in [-0.25, -0.2) is 9.59 Å². The quantitative estimate of drug-likeness (QED) is 0.770. The maximum absolute atomic E-state index is 12.3. The van der Waals surface area contributed by atoms with E-state index >= 15 is 0 Å². The second kappa shape index (κ2) is 4.76. The van der Waals surface area contributed by atoms with E-state index in [-0.39, 0.29) is 12.1 Å². The van der Waals surface area contributed by atoms with Crippen molar-refractivity contribution in [1.29, 1.82) is 0 Å². The fourth-order valence-electron chi connectivity index (χ4n) is 2.57. The van der Waals surface area contributed by atoms with Gasteiger partial charge in [-0.2, -0.15) is 0 Å². The summed E-state index contributed by atoms with van der Waals surface area (Å²) in [6.45, 7) is 4.89. The number of carboxylic acid groups (broad SMARTS) is 1. The van der Waals surface area contributed by atoms with Crippen LogP contribution in [0.25, 0.3) is 0 Å². The normalized spacial score (nSPS) is 33.2. The van der Waals surface area contributed by atoms with Crippen molar-refractivity contribution in [2.75, 3.05) is 18.2 Å². The summed E-state index contributed by atoms with van der Waals surface area (Å²) in [6.07, 6.45) is 1.00. The highest BCUT2D eigenvalue weighted by Gasteiger charge is 2.40. The van der Waals surface area contributed by atoms with Crippen molar-refractivity contribution in [2.45, 2.75) is 32.4 Å². The number of carbonyl (C=O) groups excluding carboxylic acids is 1. The zero-order valence-electron chi connectivity index (χ0n) is 10.1. The highest BCUT2D eigenvalue weighted by atomic mass is 32.2. The summed E-state index contributed by atoms with van der Waals surface area (Å²) in [6, 6.07) is -0.549. The van der Waals surface area contributed by atoms with Gasteiger partial charge in [0.1, 0.15) is 6.04 Å². The average Bonchev–Trinajstić information content (AvgIpc) is 2.83. The number of aliphatic carboxylic acids is 1. The first-order valence-corrected chi connectivity index (χ1v) is 7.04. The van der Waals surface area contributed by atoms with Crippen LogP contribution in [-0.4, -0.2) is 57.2 Å². The van der Waals surface area contributed by atoms with Crippen molar-refractivity contribution in [2.24, 2.45) is 5.92 Å². The molecule has 2 rings (SSSR count). The summed E-state index contributed by atoms with van der Waals surface area (Å²) < 4.78 is 0. The molecule has 5 nitrogen and oxygen atoms in total. The molecule has 6 heteroatoms. The van der Waals surface area contributed by atoms with E-state index in [1.165, 1.54) is 16.7 Å². The zero-order chi connectivity index (χ0) is 12.6. The molecule has 0 aliphatic carbocycles. The van der Waals surface area contributed by atoms with E-state index in [1.54, 1.807) is 0 Å². The van der Waals surface area contributed by atoms with Gasteiger partial charge in [-0.15, -0.1) is 11.8 Å². The number of carboxylic acids is 1. The zero-order valence-corrected chi connectivity index (χ0v) is 10.9. The van der Waals surface area contributed by atoms with Crippen molar-refractivity contribution in [1.82, 2.24) is 9.80 Å². The first kappa shape index (κ1) is 12.5. The molecule has 0 aromatic heterocycles. The SMILES string of the molecule is CC1CC(C)N(C(=O)N2CSCC2C(=O)O)C1. The Balaban J connectivity index is 2.07. The molecule has 0 aromatic rings. The van der Waals surface area contributed by atoms with Crippen molar-refractivity contribution < 1.29 is 14.7 Å². The first-order chi connectivity index (χ1) is 8.00. The van der Waals surface area contributed by atoms with Gasteiger partial charge in [-0.05, 0) is 19.3 Å². The fourth-order valence-corrected chi connectivity index (χ4v) is 3.71. The molecular weight excluding hydrogens is 240 g/mol. The highest BCUT2D eigenvalue weighted by molar-refractivity contribution is 7.99. The molecule has 3 atom stereocenters. The number of urea groups is 1. The molecule has 0 radical (unpaired) electrons. The van der Waals surface area contributed by atoms with E-state index in [4.69, 9.17) is 5.11 Å². The third-order valence-corrected chi connectivity index (χ3v) is 4.45. The van der Waals surface area contributed by atoms with Crippen molar-refractivity contribution in [3.8, 4) is 0 Å². The van der Waals surface area contributed by atoms with Crippen LogP contribution in [0.3, 0.4) is 0 Å². The van der Waals surface area contributed by atoms with Crippen molar-refractivity contribution in [3.63, 3.8) is 0 Å². The number of carbonyl (C=O) groups is 2. The minimum atomic E-state index is -0.900. The van der Waals surface area contributed by atoms with Crippen LogP contribution in [0.15, 0.2) is 0 Å². The fraction of sp³-hybridized carbons (Fsp3) is 0.818. The second-order valence-corrected chi connectivity index (χ2v) is 5.95. The number of amides is 2. The molecule has 2 heterocycles. The molecule has 0 saturated carbocycles. The van der Waals surface area contributed by atoms with Crippen LogP contribution in [0.2, 0.25) is 0 Å². The molecule has 2 aliphatic rings. The lowest BCUT2D eigenvalue weighted by Crippen LogP contribution is -2.49. The van der Waals surface area contributed by atoms with Crippen LogP contribution in [0.1, 0.15) is 20.3 Å². The summed E-state index contributed by atoms with van der Waals surface area (Å²) in [5.41, 5.74) is 0. The lowest BCUT2D eigenvalue weighted by atomic mass is 10.1. The minimum absolute atomic E-state index is 0.112. The van der Waals surface area contributed by atoms with Crippen LogP contribution >= 0.6 is 11.8 Å². The van der Waals surface area contributed by atoms with Gasteiger partial charge in [0.25, 0.3) is 0 Å². The Hall–Kier alpha value is -0.910. The van der Waals surface area contributed by atoms with Crippen LogP contribution in [-0.2, 0) is 4.79 Å².